The molecule has 0 radical (unpaired) electrons. The van der Waals surface area contributed by atoms with E-state index in [-0.39, 0.29) is 18.1 Å². The van der Waals surface area contributed by atoms with Crippen molar-refractivity contribution in [1.29, 1.82) is 5.26 Å². The number of nitriles is 1. The molecule has 0 heterocycles. The second kappa shape index (κ2) is 10.8. The Kier molecular flexibility index (Phi) is 7.63. The number of carbonyl (C=O) groups is 2. The third-order valence-corrected chi connectivity index (χ3v) is 4.58. The van der Waals surface area contributed by atoms with Gasteiger partial charge in [-0.25, -0.2) is 0 Å². The Hall–Kier alpha value is -4.08. The number of hydrogen-bond acceptors (Lipinski definition) is 4. The molecule has 32 heavy (non-hydrogen) atoms. The molecular formula is C25H20ClN3O3. The molecule has 2 N–H and O–H groups in total. The van der Waals surface area contributed by atoms with Gasteiger partial charge in [0.2, 0.25) is 0 Å². The van der Waals surface area contributed by atoms with Crippen LogP contribution >= 0.6 is 11.6 Å². The smallest absolute Gasteiger partial charge is 0.266 e. The highest BCUT2D eigenvalue weighted by molar-refractivity contribution is 6.30. The van der Waals surface area contributed by atoms with Crippen molar-refractivity contribution >= 4 is 40.9 Å². The van der Waals surface area contributed by atoms with Crippen LogP contribution in [0.1, 0.15) is 11.1 Å². The highest BCUT2D eigenvalue weighted by atomic mass is 35.5. The van der Waals surface area contributed by atoms with Crippen LogP contribution in [0, 0.1) is 18.3 Å². The van der Waals surface area contributed by atoms with Crippen LogP contribution in [0.25, 0.3) is 6.08 Å². The van der Waals surface area contributed by atoms with Gasteiger partial charge in [0.25, 0.3) is 11.8 Å². The van der Waals surface area contributed by atoms with Crippen LogP contribution in [0.2, 0.25) is 5.02 Å². The van der Waals surface area contributed by atoms with Crippen LogP contribution in [-0.2, 0) is 9.59 Å². The van der Waals surface area contributed by atoms with Crippen molar-refractivity contribution in [3.63, 3.8) is 0 Å². The van der Waals surface area contributed by atoms with Crippen molar-refractivity contribution < 1.29 is 14.3 Å². The lowest BCUT2D eigenvalue weighted by atomic mass is 10.1. The molecule has 0 atom stereocenters. The first-order valence-corrected chi connectivity index (χ1v) is 10.1. The fourth-order valence-corrected chi connectivity index (χ4v) is 2.90. The lowest BCUT2D eigenvalue weighted by Gasteiger charge is -2.08. The topological polar surface area (TPSA) is 91.2 Å². The SMILES string of the molecule is Cc1cccc(NC(=O)/C(C#N)=C/c2ccc(OCC(=O)Nc3ccc(Cl)cc3)cc2)c1. The summed E-state index contributed by atoms with van der Waals surface area (Å²) in [5.74, 6) is -0.315. The van der Waals surface area contributed by atoms with Crippen molar-refractivity contribution in [1.82, 2.24) is 0 Å². The van der Waals surface area contributed by atoms with Crippen molar-refractivity contribution in [3.05, 3.63) is 94.5 Å². The number of rotatable bonds is 7. The Morgan fingerprint density at radius 1 is 1.00 bits per heavy atom. The Morgan fingerprint density at radius 3 is 2.38 bits per heavy atom. The molecule has 3 aromatic carbocycles. The van der Waals surface area contributed by atoms with Gasteiger partial charge < -0.3 is 15.4 Å². The van der Waals surface area contributed by atoms with Crippen molar-refractivity contribution in [2.45, 2.75) is 6.92 Å². The second-order valence-electron chi connectivity index (χ2n) is 6.91. The highest BCUT2D eigenvalue weighted by Crippen LogP contribution is 2.17. The molecule has 0 aromatic heterocycles. The van der Waals surface area contributed by atoms with Crippen LogP contribution in [-0.4, -0.2) is 18.4 Å². The Morgan fingerprint density at radius 2 is 1.72 bits per heavy atom. The first-order chi connectivity index (χ1) is 15.4. The summed E-state index contributed by atoms with van der Waals surface area (Å²) in [6.07, 6.45) is 1.49. The van der Waals surface area contributed by atoms with Crippen LogP contribution in [0.4, 0.5) is 11.4 Å². The van der Waals surface area contributed by atoms with Gasteiger partial charge >= 0.3 is 0 Å². The Balaban J connectivity index is 1.57. The minimum Gasteiger partial charge on any atom is -0.484 e. The highest BCUT2D eigenvalue weighted by Gasteiger charge is 2.10. The molecule has 6 nitrogen and oxygen atoms in total. The van der Waals surface area contributed by atoms with Gasteiger partial charge in [0.1, 0.15) is 17.4 Å². The van der Waals surface area contributed by atoms with Crippen LogP contribution in [0.5, 0.6) is 5.75 Å². The molecule has 0 fully saturated rings. The molecular weight excluding hydrogens is 426 g/mol. The summed E-state index contributed by atoms with van der Waals surface area (Å²) >= 11 is 5.82. The van der Waals surface area contributed by atoms with E-state index < -0.39 is 5.91 Å². The molecule has 0 aliphatic rings. The molecule has 7 heteroatoms. The first-order valence-electron chi connectivity index (χ1n) is 9.71. The lowest BCUT2D eigenvalue weighted by Crippen LogP contribution is -2.20. The summed E-state index contributed by atoms with van der Waals surface area (Å²) in [5.41, 5.74) is 2.87. The number of aryl methyl sites for hydroxylation is 1. The van der Waals surface area contributed by atoms with Gasteiger partial charge in [-0.2, -0.15) is 5.26 Å². The van der Waals surface area contributed by atoms with E-state index in [9.17, 15) is 14.9 Å². The summed E-state index contributed by atoms with van der Waals surface area (Å²) < 4.78 is 5.48. The number of nitrogens with zero attached hydrogens (tertiary/aromatic N) is 1. The number of benzene rings is 3. The van der Waals surface area contributed by atoms with Crippen molar-refractivity contribution in [3.8, 4) is 11.8 Å². The largest absolute Gasteiger partial charge is 0.484 e. The molecule has 0 spiro atoms. The van der Waals surface area contributed by atoms with Gasteiger partial charge in [-0.3, -0.25) is 9.59 Å². The molecule has 0 aliphatic carbocycles. The lowest BCUT2D eigenvalue weighted by molar-refractivity contribution is -0.118. The number of hydrogen-bond donors (Lipinski definition) is 2. The van der Waals surface area contributed by atoms with Gasteiger partial charge in [0.05, 0.1) is 0 Å². The average Bonchev–Trinajstić information content (AvgIpc) is 2.78. The zero-order valence-corrected chi connectivity index (χ0v) is 18.0. The summed E-state index contributed by atoms with van der Waals surface area (Å²) in [5, 5.41) is 15.4. The normalized spacial score (nSPS) is 10.7. The fraction of sp³-hybridized carbons (Fsp3) is 0.0800. The molecule has 0 unspecified atom stereocenters. The van der Waals surface area contributed by atoms with E-state index in [0.29, 0.717) is 27.7 Å². The number of halogens is 1. The van der Waals surface area contributed by atoms with Gasteiger partial charge in [0.15, 0.2) is 6.61 Å². The van der Waals surface area contributed by atoms with Gasteiger partial charge in [-0.15, -0.1) is 0 Å². The second-order valence-corrected chi connectivity index (χ2v) is 7.34. The molecule has 3 rings (SSSR count). The van der Waals surface area contributed by atoms with Crippen molar-refractivity contribution in [2.24, 2.45) is 0 Å². The van der Waals surface area contributed by atoms with E-state index in [4.69, 9.17) is 16.3 Å². The van der Waals surface area contributed by atoms with E-state index in [2.05, 4.69) is 10.6 Å². The van der Waals surface area contributed by atoms with E-state index >= 15 is 0 Å². The number of carbonyl (C=O) groups excluding carboxylic acids is 2. The maximum Gasteiger partial charge on any atom is 0.266 e. The average molecular weight is 446 g/mol. The number of amides is 2. The van der Waals surface area contributed by atoms with Crippen molar-refractivity contribution in [2.75, 3.05) is 17.2 Å². The fourth-order valence-electron chi connectivity index (χ4n) is 2.78. The van der Waals surface area contributed by atoms with Gasteiger partial charge in [-0.05, 0) is 72.7 Å². The maximum absolute atomic E-state index is 12.4. The third-order valence-electron chi connectivity index (χ3n) is 4.33. The molecule has 0 aliphatic heterocycles. The van der Waals surface area contributed by atoms with Gasteiger partial charge in [-0.1, -0.05) is 35.9 Å². The summed E-state index contributed by atoms with van der Waals surface area (Å²) in [6.45, 7) is 1.75. The maximum atomic E-state index is 12.4. The minimum absolute atomic E-state index is 0.0254. The predicted molar refractivity (Wildman–Crippen MR) is 125 cm³/mol. The Bertz CT molecular complexity index is 1180. The monoisotopic (exact) mass is 445 g/mol. The van der Waals surface area contributed by atoms with E-state index in [1.807, 2.05) is 31.2 Å². The zero-order valence-electron chi connectivity index (χ0n) is 17.3. The zero-order chi connectivity index (χ0) is 22.9. The molecule has 160 valence electrons. The first kappa shape index (κ1) is 22.6. The third kappa shape index (κ3) is 6.73. The summed E-state index contributed by atoms with van der Waals surface area (Å²) in [4.78, 5) is 24.4. The summed E-state index contributed by atoms with van der Waals surface area (Å²) in [7, 11) is 0. The minimum atomic E-state index is -0.489. The molecule has 0 saturated carbocycles. The Labute approximate surface area is 191 Å². The number of ether oxygens (including phenoxy) is 1. The van der Waals surface area contributed by atoms with Crippen LogP contribution in [0.15, 0.2) is 78.4 Å². The molecule has 3 aromatic rings. The predicted octanol–water partition coefficient (Wildman–Crippen LogP) is 5.21. The van der Waals surface area contributed by atoms with Crippen LogP contribution < -0.4 is 15.4 Å². The van der Waals surface area contributed by atoms with E-state index in [1.165, 1.54) is 6.08 Å². The molecule has 0 bridgehead atoms. The molecule has 2 amide bonds. The summed E-state index contributed by atoms with van der Waals surface area (Å²) in [6, 6.07) is 22.7. The van der Waals surface area contributed by atoms with E-state index in [1.54, 1.807) is 54.6 Å². The quantitative estimate of drug-likeness (QED) is 0.385. The van der Waals surface area contributed by atoms with E-state index in [0.717, 1.165) is 5.56 Å². The standard InChI is InChI=1S/C25H20ClN3O3/c1-17-3-2-4-22(13-17)29-25(31)19(15-27)14-18-5-11-23(12-6-18)32-16-24(30)28-21-9-7-20(26)8-10-21/h2-14H,16H2,1H3,(H,28,30)(H,29,31)/b19-14+. The number of nitrogens with one attached hydrogen (secondary N) is 2. The van der Waals surface area contributed by atoms with Crippen LogP contribution in [0.3, 0.4) is 0 Å². The number of anilines is 2. The molecule has 0 saturated heterocycles. The van der Waals surface area contributed by atoms with Gasteiger partial charge in [0, 0.05) is 16.4 Å².